The zero-order valence-corrected chi connectivity index (χ0v) is 7.14. The van der Waals surface area contributed by atoms with Gasteiger partial charge in [-0.3, -0.25) is 0 Å². The molecule has 0 atom stereocenters. The van der Waals surface area contributed by atoms with Crippen LogP contribution < -0.4 is 0 Å². The Bertz CT molecular complexity index is 555. The van der Waals surface area contributed by atoms with Crippen LogP contribution in [0.25, 0.3) is 22.6 Å². The highest BCUT2D eigenvalue weighted by molar-refractivity contribution is 5.73. The Kier molecular flexibility index (Phi) is 1.38. The molecule has 5 heteroatoms. The normalized spacial score (nSPS) is 10.9. The van der Waals surface area contributed by atoms with Gasteiger partial charge in [-0.15, -0.1) is 10.2 Å². The average molecular weight is 186 g/mol. The highest BCUT2D eigenvalue weighted by Crippen LogP contribution is 2.18. The first-order chi connectivity index (χ1) is 6.93. The molecular weight excluding hydrogens is 180 g/mol. The maximum Gasteiger partial charge on any atom is 0.199 e. The van der Waals surface area contributed by atoms with Gasteiger partial charge in [0.1, 0.15) is 5.69 Å². The SMILES string of the molecule is c1coc(-c2cc3[nH]cnc3nn2)c1. The Labute approximate surface area is 78.8 Å². The second-order valence-electron chi connectivity index (χ2n) is 2.85. The summed E-state index contributed by atoms with van der Waals surface area (Å²) in [5.74, 6) is 0.703. The number of hydrogen-bond donors (Lipinski definition) is 1. The Morgan fingerprint density at radius 1 is 1.29 bits per heavy atom. The van der Waals surface area contributed by atoms with Crippen LogP contribution in [0.2, 0.25) is 0 Å². The second kappa shape index (κ2) is 2.66. The van der Waals surface area contributed by atoms with Crippen molar-refractivity contribution in [2.45, 2.75) is 0 Å². The van der Waals surface area contributed by atoms with E-state index in [0.717, 1.165) is 5.52 Å². The Morgan fingerprint density at radius 2 is 2.29 bits per heavy atom. The fourth-order valence-corrected chi connectivity index (χ4v) is 1.29. The summed E-state index contributed by atoms with van der Waals surface area (Å²) in [6, 6.07) is 5.51. The lowest BCUT2D eigenvalue weighted by Crippen LogP contribution is -1.86. The van der Waals surface area contributed by atoms with Crippen LogP contribution in [-0.4, -0.2) is 20.2 Å². The number of H-pyrrole nitrogens is 1. The maximum atomic E-state index is 5.21. The molecule has 3 heterocycles. The molecule has 0 bridgehead atoms. The smallest absolute Gasteiger partial charge is 0.199 e. The number of furan rings is 1. The fourth-order valence-electron chi connectivity index (χ4n) is 1.29. The van der Waals surface area contributed by atoms with Gasteiger partial charge in [0.2, 0.25) is 0 Å². The van der Waals surface area contributed by atoms with Crippen LogP contribution in [0.3, 0.4) is 0 Å². The number of imidazole rings is 1. The number of aromatic amines is 1. The Balaban J connectivity index is 2.23. The van der Waals surface area contributed by atoms with E-state index >= 15 is 0 Å². The zero-order chi connectivity index (χ0) is 9.38. The number of aromatic nitrogens is 4. The monoisotopic (exact) mass is 186 g/mol. The van der Waals surface area contributed by atoms with Crippen molar-refractivity contribution in [1.82, 2.24) is 20.2 Å². The maximum absolute atomic E-state index is 5.21. The highest BCUT2D eigenvalue weighted by Gasteiger charge is 2.05. The van der Waals surface area contributed by atoms with E-state index in [-0.39, 0.29) is 0 Å². The predicted octanol–water partition coefficient (Wildman–Crippen LogP) is 1.61. The van der Waals surface area contributed by atoms with E-state index in [0.29, 0.717) is 17.1 Å². The molecule has 5 nitrogen and oxygen atoms in total. The lowest BCUT2D eigenvalue weighted by molar-refractivity contribution is 0.579. The molecule has 0 fully saturated rings. The predicted molar refractivity (Wildman–Crippen MR) is 49.4 cm³/mol. The van der Waals surface area contributed by atoms with Crippen LogP contribution in [0.4, 0.5) is 0 Å². The molecule has 0 radical (unpaired) electrons. The van der Waals surface area contributed by atoms with Crippen LogP contribution >= 0.6 is 0 Å². The van der Waals surface area contributed by atoms with E-state index < -0.39 is 0 Å². The van der Waals surface area contributed by atoms with Crippen LogP contribution in [-0.2, 0) is 0 Å². The van der Waals surface area contributed by atoms with Crippen molar-refractivity contribution in [2.24, 2.45) is 0 Å². The van der Waals surface area contributed by atoms with Crippen molar-refractivity contribution in [3.05, 3.63) is 30.8 Å². The molecule has 3 aromatic rings. The third kappa shape index (κ3) is 0.990. The summed E-state index contributed by atoms with van der Waals surface area (Å²) in [5, 5.41) is 7.94. The van der Waals surface area contributed by atoms with Gasteiger partial charge >= 0.3 is 0 Å². The highest BCUT2D eigenvalue weighted by atomic mass is 16.3. The van der Waals surface area contributed by atoms with E-state index in [2.05, 4.69) is 20.2 Å². The molecule has 0 aliphatic heterocycles. The second-order valence-corrected chi connectivity index (χ2v) is 2.85. The van der Waals surface area contributed by atoms with Crippen molar-refractivity contribution in [3.8, 4) is 11.5 Å². The van der Waals surface area contributed by atoms with E-state index in [1.54, 1.807) is 12.6 Å². The molecule has 3 rings (SSSR count). The molecule has 0 aliphatic carbocycles. The molecule has 0 spiro atoms. The zero-order valence-electron chi connectivity index (χ0n) is 7.14. The topological polar surface area (TPSA) is 67.6 Å². The first-order valence-electron chi connectivity index (χ1n) is 4.14. The van der Waals surface area contributed by atoms with Crippen molar-refractivity contribution in [3.63, 3.8) is 0 Å². The minimum atomic E-state index is 0.611. The van der Waals surface area contributed by atoms with Gasteiger partial charge in [0.05, 0.1) is 18.1 Å². The van der Waals surface area contributed by atoms with Gasteiger partial charge in [0.25, 0.3) is 0 Å². The van der Waals surface area contributed by atoms with Crippen molar-refractivity contribution in [1.29, 1.82) is 0 Å². The van der Waals surface area contributed by atoms with Crippen molar-refractivity contribution < 1.29 is 4.42 Å². The number of rotatable bonds is 1. The summed E-state index contributed by atoms with van der Waals surface area (Å²) in [7, 11) is 0. The number of hydrogen-bond acceptors (Lipinski definition) is 4. The summed E-state index contributed by atoms with van der Waals surface area (Å²) < 4.78 is 5.21. The van der Waals surface area contributed by atoms with E-state index in [4.69, 9.17) is 4.42 Å². The lowest BCUT2D eigenvalue weighted by atomic mass is 10.3. The lowest BCUT2D eigenvalue weighted by Gasteiger charge is -1.93. The molecule has 0 aliphatic rings. The van der Waals surface area contributed by atoms with Gasteiger partial charge in [-0.1, -0.05) is 0 Å². The van der Waals surface area contributed by atoms with Crippen molar-refractivity contribution >= 4 is 11.2 Å². The van der Waals surface area contributed by atoms with Gasteiger partial charge in [0.15, 0.2) is 11.4 Å². The van der Waals surface area contributed by atoms with E-state index in [9.17, 15) is 0 Å². The first-order valence-corrected chi connectivity index (χ1v) is 4.14. The minimum Gasteiger partial charge on any atom is -0.463 e. The molecule has 3 aromatic heterocycles. The van der Waals surface area contributed by atoms with Gasteiger partial charge in [-0.25, -0.2) is 4.98 Å². The molecule has 0 saturated heterocycles. The number of fused-ring (bicyclic) bond motifs is 1. The fraction of sp³-hybridized carbons (Fsp3) is 0. The standard InChI is InChI=1S/C9H6N4O/c1-2-8(14-3-1)6-4-7-9(13-12-6)11-5-10-7/h1-5H,(H,10,11,13). The Hall–Kier alpha value is -2.17. The van der Waals surface area contributed by atoms with Crippen molar-refractivity contribution in [2.75, 3.05) is 0 Å². The van der Waals surface area contributed by atoms with Crippen LogP contribution in [0.1, 0.15) is 0 Å². The molecule has 0 unspecified atom stereocenters. The third-order valence-electron chi connectivity index (χ3n) is 1.95. The van der Waals surface area contributed by atoms with Gasteiger partial charge in [-0.2, -0.15) is 0 Å². The van der Waals surface area contributed by atoms with E-state index in [1.807, 2.05) is 18.2 Å². The van der Waals surface area contributed by atoms with Crippen LogP contribution in [0.5, 0.6) is 0 Å². The molecular formula is C9H6N4O. The molecule has 1 N–H and O–H groups in total. The number of nitrogens with zero attached hydrogens (tertiary/aromatic N) is 3. The molecule has 0 saturated carbocycles. The average Bonchev–Trinajstić information content (AvgIpc) is 2.88. The third-order valence-corrected chi connectivity index (χ3v) is 1.95. The molecule has 0 amide bonds. The summed E-state index contributed by atoms with van der Waals surface area (Å²) in [6.45, 7) is 0. The quantitative estimate of drug-likeness (QED) is 0.626. The molecule has 0 aromatic carbocycles. The number of nitrogens with one attached hydrogen (secondary N) is 1. The molecule has 14 heavy (non-hydrogen) atoms. The largest absolute Gasteiger partial charge is 0.463 e. The Morgan fingerprint density at radius 3 is 3.14 bits per heavy atom. The van der Waals surface area contributed by atoms with Crippen LogP contribution in [0, 0.1) is 0 Å². The van der Waals surface area contributed by atoms with Gasteiger partial charge in [0, 0.05) is 0 Å². The molecule has 68 valence electrons. The summed E-state index contributed by atoms with van der Waals surface area (Å²) in [4.78, 5) is 6.95. The van der Waals surface area contributed by atoms with E-state index in [1.165, 1.54) is 0 Å². The van der Waals surface area contributed by atoms with Gasteiger partial charge in [-0.05, 0) is 18.2 Å². The summed E-state index contributed by atoms with van der Waals surface area (Å²) >= 11 is 0. The minimum absolute atomic E-state index is 0.611. The first kappa shape index (κ1) is 7.25. The van der Waals surface area contributed by atoms with Gasteiger partial charge < -0.3 is 9.40 Å². The van der Waals surface area contributed by atoms with Crippen LogP contribution in [0.15, 0.2) is 35.2 Å². The summed E-state index contributed by atoms with van der Waals surface area (Å²) in [6.07, 6.45) is 3.19. The summed E-state index contributed by atoms with van der Waals surface area (Å²) in [5.41, 5.74) is 2.17.